The number of ether oxygens (including phenoxy) is 2. The fourth-order valence-electron chi connectivity index (χ4n) is 1.94. The van der Waals surface area contributed by atoms with Crippen LogP contribution in [0.4, 0.5) is 4.79 Å². The second-order valence-electron chi connectivity index (χ2n) is 6.04. The van der Waals surface area contributed by atoms with E-state index in [1.165, 1.54) is 0 Å². The second kappa shape index (κ2) is 6.23. The van der Waals surface area contributed by atoms with Gasteiger partial charge in [0.25, 0.3) is 0 Å². The molecule has 1 aromatic rings. The molecule has 0 aliphatic carbocycles. The number of hydrogen-bond acceptors (Lipinski definition) is 4. The van der Waals surface area contributed by atoms with Crippen molar-refractivity contribution in [1.29, 1.82) is 0 Å². The van der Waals surface area contributed by atoms with E-state index in [1.54, 1.807) is 4.90 Å². The van der Waals surface area contributed by atoms with Crippen molar-refractivity contribution in [2.75, 3.05) is 13.1 Å². The Morgan fingerprint density at radius 2 is 2.10 bits per heavy atom. The van der Waals surface area contributed by atoms with Crippen molar-refractivity contribution >= 4 is 22.0 Å². The van der Waals surface area contributed by atoms with Gasteiger partial charge in [0.15, 0.2) is 0 Å². The first-order chi connectivity index (χ1) is 9.78. The van der Waals surface area contributed by atoms with Crippen LogP contribution < -0.4 is 4.74 Å². The fourth-order valence-corrected chi connectivity index (χ4v) is 2.28. The van der Waals surface area contributed by atoms with E-state index in [9.17, 15) is 9.90 Å². The van der Waals surface area contributed by atoms with Gasteiger partial charge in [-0.1, -0.05) is 22.0 Å². The lowest BCUT2D eigenvalue weighted by molar-refractivity contribution is -0.0225. The van der Waals surface area contributed by atoms with Gasteiger partial charge in [-0.05, 0) is 32.9 Å². The number of halogens is 1. The number of aliphatic hydroxyl groups excluding tert-OH is 1. The van der Waals surface area contributed by atoms with Crippen LogP contribution >= 0.6 is 15.9 Å². The smallest absolute Gasteiger partial charge is 0.410 e. The van der Waals surface area contributed by atoms with Gasteiger partial charge in [0.2, 0.25) is 0 Å². The summed E-state index contributed by atoms with van der Waals surface area (Å²) in [6.07, 6.45) is -0.393. The van der Waals surface area contributed by atoms with Crippen molar-refractivity contribution in [2.24, 2.45) is 0 Å². The molecule has 1 N–H and O–H groups in total. The van der Waals surface area contributed by atoms with E-state index in [4.69, 9.17) is 9.47 Å². The summed E-state index contributed by atoms with van der Waals surface area (Å²) in [6.45, 7) is 6.43. The third-order valence-corrected chi connectivity index (χ3v) is 3.49. The molecule has 0 aromatic heterocycles. The minimum atomic E-state index is -0.489. The summed E-state index contributed by atoms with van der Waals surface area (Å²) in [5.74, 6) is 0.640. The Kier molecular flexibility index (Phi) is 4.78. The SMILES string of the molecule is CC(C)(C)OC(=O)N1CC(Oc2cc(Br)ccc2CO)C1. The zero-order valence-electron chi connectivity index (χ0n) is 12.4. The molecule has 1 saturated heterocycles. The molecule has 21 heavy (non-hydrogen) atoms. The summed E-state index contributed by atoms with van der Waals surface area (Å²) >= 11 is 3.38. The van der Waals surface area contributed by atoms with Gasteiger partial charge in [-0.2, -0.15) is 0 Å². The minimum Gasteiger partial charge on any atom is -0.486 e. The maximum absolute atomic E-state index is 11.8. The Labute approximate surface area is 133 Å². The molecule has 0 unspecified atom stereocenters. The molecule has 1 heterocycles. The van der Waals surface area contributed by atoms with Crippen LogP contribution in [0.1, 0.15) is 26.3 Å². The first-order valence-electron chi connectivity index (χ1n) is 6.82. The highest BCUT2D eigenvalue weighted by Gasteiger charge is 2.35. The number of benzene rings is 1. The van der Waals surface area contributed by atoms with Crippen LogP contribution in [0.25, 0.3) is 0 Å². The Morgan fingerprint density at radius 3 is 2.67 bits per heavy atom. The predicted molar refractivity (Wildman–Crippen MR) is 82.3 cm³/mol. The van der Waals surface area contributed by atoms with Crippen molar-refractivity contribution in [3.05, 3.63) is 28.2 Å². The van der Waals surface area contributed by atoms with Crippen LogP contribution in [0, 0.1) is 0 Å². The van der Waals surface area contributed by atoms with Crippen molar-refractivity contribution < 1.29 is 19.4 Å². The summed E-state index contributed by atoms with van der Waals surface area (Å²) in [5.41, 5.74) is 0.242. The number of aliphatic hydroxyl groups is 1. The quantitative estimate of drug-likeness (QED) is 0.903. The van der Waals surface area contributed by atoms with Gasteiger partial charge in [-0.3, -0.25) is 0 Å². The third kappa shape index (κ3) is 4.35. The number of hydrogen-bond donors (Lipinski definition) is 1. The van der Waals surface area contributed by atoms with Gasteiger partial charge in [-0.15, -0.1) is 0 Å². The molecule has 1 aliphatic heterocycles. The molecule has 6 heteroatoms. The van der Waals surface area contributed by atoms with Crippen LogP contribution in [0.2, 0.25) is 0 Å². The first kappa shape index (κ1) is 16.1. The zero-order chi connectivity index (χ0) is 15.6. The van der Waals surface area contributed by atoms with Gasteiger partial charge in [0, 0.05) is 10.0 Å². The Hall–Kier alpha value is -1.27. The van der Waals surface area contributed by atoms with E-state index in [2.05, 4.69) is 15.9 Å². The Balaban J connectivity index is 1.88. The van der Waals surface area contributed by atoms with Crippen LogP contribution in [-0.2, 0) is 11.3 Å². The van der Waals surface area contributed by atoms with Crippen molar-refractivity contribution in [1.82, 2.24) is 4.90 Å². The zero-order valence-corrected chi connectivity index (χ0v) is 14.0. The molecule has 0 radical (unpaired) electrons. The van der Waals surface area contributed by atoms with Gasteiger partial charge >= 0.3 is 6.09 Å². The highest BCUT2D eigenvalue weighted by Crippen LogP contribution is 2.27. The summed E-state index contributed by atoms with van der Waals surface area (Å²) in [5, 5.41) is 9.30. The minimum absolute atomic E-state index is 0.0721. The normalized spacial score (nSPS) is 15.6. The molecule has 1 aliphatic rings. The van der Waals surface area contributed by atoms with Gasteiger partial charge in [0.05, 0.1) is 19.7 Å². The average Bonchev–Trinajstić information content (AvgIpc) is 2.31. The number of rotatable bonds is 3. The summed E-state index contributed by atoms with van der Waals surface area (Å²) in [4.78, 5) is 13.4. The highest BCUT2D eigenvalue weighted by molar-refractivity contribution is 9.10. The van der Waals surface area contributed by atoms with Crippen LogP contribution in [0.5, 0.6) is 5.75 Å². The van der Waals surface area contributed by atoms with Gasteiger partial charge < -0.3 is 19.5 Å². The Bertz CT molecular complexity index is 521. The number of nitrogens with zero attached hydrogens (tertiary/aromatic N) is 1. The van der Waals surface area contributed by atoms with E-state index in [0.717, 1.165) is 10.0 Å². The first-order valence-corrected chi connectivity index (χ1v) is 7.61. The molecule has 2 rings (SSSR count). The number of carbonyl (C=O) groups is 1. The number of carbonyl (C=O) groups excluding carboxylic acids is 1. The third-order valence-electron chi connectivity index (χ3n) is 2.99. The van der Waals surface area contributed by atoms with E-state index in [-0.39, 0.29) is 18.8 Å². The standard InChI is InChI=1S/C15H20BrNO4/c1-15(2,3)21-14(19)17-7-12(8-17)20-13-6-11(16)5-4-10(13)9-18/h4-6,12,18H,7-9H2,1-3H3. The summed E-state index contributed by atoms with van der Waals surface area (Å²) < 4.78 is 12.0. The van der Waals surface area contributed by atoms with E-state index < -0.39 is 5.60 Å². The molecule has 0 saturated carbocycles. The fraction of sp³-hybridized carbons (Fsp3) is 0.533. The lowest BCUT2D eigenvalue weighted by atomic mass is 10.1. The topological polar surface area (TPSA) is 59.0 Å². The summed E-state index contributed by atoms with van der Waals surface area (Å²) in [7, 11) is 0. The van der Waals surface area contributed by atoms with Crippen LogP contribution in [-0.4, -0.2) is 40.9 Å². The number of likely N-dealkylation sites (tertiary alicyclic amines) is 1. The lowest BCUT2D eigenvalue weighted by Crippen LogP contribution is -2.57. The molecule has 0 bridgehead atoms. The highest BCUT2D eigenvalue weighted by atomic mass is 79.9. The summed E-state index contributed by atoms with van der Waals surface area (Å²) in [6, 6.07) is 5.48. The maximum Gasteiger partial charge on any atom is 0.410 e. The molecular formula is C15H20BrNO4. The molecule has 0 spiro atoms. The Morgan fingerprint density at radius 1 is 1.43 bits per heavy atom. The molecule has 1 amide bonds. The van der Waals surface area contributed by atoms with Crippen molar-refractivity contribution in [3.8, 4) is 5.75 Å². The van der Waals surface area contributed by atoms with Gasteiger partial charge in [-0.25, -0.2) is 4.79 Å². The molecule has 116 valence electrons. The maximum atomic E-state index is 11.8. The molecular weight excluding hydrogens is 338 g/mol. The van der Waals surface area contributed by atoms with Crippen LogP contribution in [0.15, 0.2) is 22.7 Å². The van der Waals surface area contributed by atoms with E-state index in [1.807, 2.05) is 39.0 Å². The molecule has 5 nitrogen and oxygen atoms in total. The monoisotopic (exact) mass is 357 g/mol. The second-order valence-corrected chi connectivity index (χ2v) is 6.95. The largest absolute Gasteiger partial charge is 0.486 e. The predicted octanol–water partition coefficient (Wildman–Crippen LogP) is 2.94. The van der Waals surface area contributed by atoms with E-state index in [0.29, 0.717) is 18.8 Å². The van der Waals surface area contributed by atoms with Crippen molar-refractivity contribution in [3.63, 3.8) is 0 Å². The van der Waals surface area contributed by atoms with Gasteiger partial charge in [0.1, 0.15) is 17.5 Å². The van der Waals surface area contributed by atoms with E-state index >= 15 is 0 Å². The lowest BCUT2D eigenvalue weighted by Gasteiger charge is -2.39. The van der Waals surface area contributed by atoms with Crippen molar-refractivity contribution in [2.45, 2.75) is 39.1 Å². The average molecular weight is 358 g/mol. The molecule has 0 atom stereocenters. The molecule has 1 aromatic carbocycles. The number of amides is 1. The van der Waals surface area contributed by atoms with Crippen LogP contribution in [0.3, 0.4) is 0 Å². The molecule has 1 fully saturated rings.